The number of methoxy groups -OCH3 is 1. The lowest BCUT2D eigenvalue weighted by atomic mass is 10.1. The molecule has 20 heavy (non-hydrogen) atoms. The van der Waals surface area contributed by atoms with Gasteiger partial charge in [-0.2, -0.15) is 0 Å². The maximum atomic E-state index is 11.7. The van der Waals surface area contributed by atoms with Gasteiger partial charge in [0.1, 0.15) is 5.75 Å². The van der Waals surface area contributed by atoms with Crippen LogP contribution < -0.4 is 15.8 Å². The highest BCUT2D eigenvalue weighted by Crippen LogP contribution is 2.31. The third-order valence-corrected chi connectivity index (χ3v) is 3.91. The molecule has 0 aliphatic heterocycles. The molecule has 1 aliphatic rings. The molecule has 0 radical (unpaired) electrons. The van der Waals surface area contributed by atoms with E-state index in [4.69, 9.17) is 22.1 Å². The molecule has 1 amide bonds. The van der Waals surface area contributed by atoms with Crippen LogP contribution in [0, 0.1) is 5.92 Å². The minimum Gasteiger partial charge on any atom is -0.495 e. The van der Waals surface area contributed by atoms with E-state index in [1.54, 1.807) is 7.11 Å². The van der Waals surface area contributed by atoms with Crippen LogP contribution in [0.4, 0.5) is 0 Å². The van der Waals surface area contributed by atoms with Gasteiger partial charge < -0.3 is 15.8 Å². The highest BCUT2D eigenvalue weighted by atomic mass is 35.5. The summed E-state index contributed by atoms with van der Waals surface area (Å²) in [6.07, 6.45) is 3.50. The lowest BCUT2D eigenvalue weighted by Gasteiger charge is -2.11. The Balaban J connectivity index is 1.73. The van der Waals surface area contributed by atoms with Gasteiger partial charge in [0.05, 0.1) is 12.1 Å². The number of nitrogens with two attached hydrogens (primary N) is 1. The maximum absolute atomic E-state index is 11.7. The van der Waals surface area contributed by atoms with Gasteiger partial charge in [-0.15, -0.1) is 0 Å². The summed E-state index contributed by atoms with van der Waals surface area (Å²) in [4.78, 5) is 11.7. The van der Waals surface area contributed by atoms with Gasteiger partial charge in [-0.1, -0.05) is 17.7 Å². The van der Waals surface area contributed by atoms with Crippen molar-refractivity contribution in [2.45, 2.75) is 31.7 Å². The molecule has 0 saturated heterocycles. The minimum absolute atomic E-state index is 0.0352. The van der Waals surface area contributed by atoms with Crippen molar-refractivity contribution in [1.82, 2.24) is 5.32 Å². The summed E-state index contributed by atoms with van der Waals surface area (Å²) in [6, 6.07) is 5.69. The van der Waals surface area contributed by atoms with E-state index in [0.717, 1.165) is 5.56 Å². The number of carbonyl (C=O) groups excluding carboxylic acids is 1. The molecular formula is C15H21ClN2O2. The lowest BCUT2D eigenvalue weighted by molar-refractivity contribution is -0.121. The zero-order valence-electron chi connectivity index (χ0n) is 11.7. The van der Waals surface area contributed by atoms with Crippen LogP contribution in [0.25, 0.3) is 0 Å². The van der Waals surface area contributed by atoms with Crippen LogP contribution in [0.5, 0.6) is 5.75 Å². The first kappa shape index (κ1) is 15.1. The van der Waals surface area contributed by atoms with Gasteiger partial charge in [0.25, 0.3) is 0 Å². The molecule has 5 heteroatoms. The maximum Gasteiger partial charge on any atom is 0.220 e. The molecule has 0 heterocycles. The molecule has 3 N–H and O–H groups in total. The van der Waals surface area contributed by atoms with Crippen molar-refractivity contribution < 1.29 is 9.53 Å². The highest BCUT2D eigenvalue weighted by Gasteiger charge is 2.28. The van der Waals surface area contributed by atoms with E-state index < -0.39 is 0 Å². The fourth-order valence-electron chi connectivity index (χ4n) is 2.13. The number of halogens is 1. The second-order valence-electron chi connectivity index (χ2n) is 5.27. The van der Waals surface area contributed by atoms with Crippen LogP contribution in [-0.4, -0.2) is 25.6 Å². The average molecular weight is 297 g/mol. The van der Waals surface area contributed by atoms with Crippen molar-refractivity contribution in [2.75, 3.05) is 13.7 Å². The number of benzene rings is 1. The number of aryl methyl sites for hydroxylation is 1. The standard InChI is InChI=1S/C15H21ClN2O2/c1-20-14-6-2-10(8-12(14)16)3-7-15(19)18-9-13(17)11-4-5-11/h2,6,8,11,13H,3-5,7,9,17H2,1H3,(H,18,19). The molecule has 1 aliphatic carbocycles. The molecule has 1 unspecified atom stereocenters. The van der Waals surface area contributed by atoms with Gasteiger partial charge in [0.15, 0.2) is 0 Å². The van der Waals surface area contributed by atoms with Gasteiger partial charge in [-0.3, -0.25) is 4.79 Å². The van der Waals surface area contributed by atoms with Gasteiger partial charge in [-0.25, -0.2) is 0 Å². The predicted molar refractivity (Wildman–Crippen MR) is 80.0 cm³/mol. The zero-order chi connectivity index (χ0) is 14.5. The summed E-state index contributed by atoms with van der Waals surface area (Å²) in [6.45, 7) is 0.576. The van der Waals surface area contributed by atoms with E-state index in [1.807, 2.05) is 18.2 Å². The minimum atomic E-state index is 0.0352. The third kappa shape index (κ3) is 4.39. The zero-order valence-corrected chi connectivity index (χ0v) is 12.5. The molecule has 1 atom stereocenters. The molecule has 0 bridgehead atoms. The van der Waals surface area contributed by atoms with Crippen molar-refractivity contribution in [1.29, 1.82) is 0 Å². The Kier molecular flexibility index (Phi) is 5.26. The first-order chi connectivity index (χ1) is 9.60. The summed E-state index contributed by atoms with van der Waals surface area (Å²) in [5.41, 5.74) is 6.97. The average Bonchev–Trinajstić information content (AvgIpc) is 3.27. The topological polar surface area (TPSA) is 64.3 Å². The van der Waals surface area contributed by atoms with Crippen LogP contribution >= 0.6 is 11.6 Å². The number of hydrogen-bond donors (Lipinski definition) is 2. The normalized spacial score (nSPS) is 15.8. The van der Waals surface area contributed by atoms with Crippen LogP contribution in [0.1, 0.15) is 24.8 Å². The Morgan fingerprint density at radius 1 is 1.55 bits per heavy atom. The summed E-state index contributed by atoms with van der Waals surface area (Å²) in [5.74, 6) is 1.29. The summed E-state index contributed by atoms with van der Waals surface area (Å²) in [7, 11) is 1.58. The molecule has 2 rings (SSSR count). The Labute approximate surface area is 124 Å². The molecule has 1 fully saturated rings. The van der Waals surface area contributed by atoms with Crippen LogP contribution in [-0.2, 0) is 11.2 Å². The van der Waals surface area contributed by atoms with E-state index in [9.17, 15) is 4.79 Å². The number of carbonyl (C=O) groups is 1. The van der Waals surface area contributed by atoms with Crippen molar-refractivity contribution in [3.63, 3.8) is 0 Å². The van der Waals surface area contributed by atoms with Gasteiger partial charge >= 0.3 is 0 Å². The number of nitrogens with one attached hydrogen (secondary N) is 1. The molecule has 0 aromatic heterocycles. The van der Waals surface area contributed by atoms with Crippen LogP contribution in [0.2, 0.25) is 5.02 Å². The Bertz CT molecular complexity index is 475. The fourth-order valence-corrected chi connectivity index (χ4v) is 2.41. The molecule has 0 spiro atoms. The molecule has 1 saturated carbocycles. The molecule has 1 aromatic rings. The van der Waals surface area contributed by atoms with E-state index >= 15 is 0 Å². The molecule has 110 valence electrons. The van der Waals surface area contributed by atoms with Gasteiger partial charge in [0, 0.05) is 19.0 Å². The summed E-state index contributed by atoms with van der Waals surface area (Å²) in [5, 5.41) is 3.46. The molecular weight excluding hydrogens is 276 g/mol. The first-order valence-electron chi connectivity index (χ1n) is 6.95. The number of amides is 1. The van der Waals surface area contributed by atoms with E-state index in [0.29, 0.717) is 36.1 Å². The van der Waals surface area contributed by atoms with Gasteiger partial charge in [0.2, 0.25) is 5.91 Å². The van der Waals surface area contributed by atoms with Crippen LogP contribution in [0.3, 0.4) is 0 Å². The van der Waals surface area contributed by atoms with Crippen LogP contribution in [0.15, 0.2) is 18.2 Å². The number of ether oxygens (including phenoxy) is 1. The first-order valence-corrected chi connectivity index (χ1v) is 7.32. The molecule has 4 nitrogen and oxygen atoms in total. The van der Waals surface area contributed by atoms with Crippen molar-refractivity contribution in [3.8, 4) is 5.75 Å². The van der Waals surface area contributed by atoms with E-state index in [1.165, 1.54) is 12.8 Å². The molecule has 1 aromatic carbocycles. The monoisotopic (exact) mass is 296 g/mol. The van der Waals surface area contributed by atoms with Crippen molar-refractivity contribution >= 4 is 17.5 Å². The third-order valence-electron chi connectivity index (χ3n) is 3.62. The quantitative estimate of drug-likeness (QED) is 0.810. The second kappa shape index (κ2) is 6.95. The fraction of sp³-hybridized carbons (Fsp3) is 0.533. The van der Waals surface area contributed by atoms with E-state index in [-0.39, 0.29) is 11.9 Å². The Hall–Kier alpha value is -1.26. The predicted octanol–water partition coefficient (Wildman–Crippen LogP) is 2.13. The Morgan fingerprint density at radius 3 is 2.90 bits per heavy atom. The Morgan fingerprint density at radius 2 is 2.30 bits per heavy atom. The number of rotatable bonds is 7. The van der Waals surface area contributed by atoms with Crippen molar-refractivity contribution in [3.05, 3.63) is 28.8 Å². The smallest absolute Gasteiger partial charge is 0.220 e. The highest BCUT2D eigenvalue weighted by molar-refractivity contribution is 6.32. The van der Waals surface area contributed by atoms with Gasteiger partial charge in [-0.05, 0) is 42.9 Å². The SMILES string of the molecule is COc1ccc(CCC(=O)NCC(N)C2CC2)cc1Cl. The van der Waals surface area contributed by atoms with E-state index in [2.05, 4.69) is 5.32 Å². The number of hydrogen-bond acceptors (Lipinski definition) is 3. The summed E-state index contributed by atoms with van der Waals surface area (Å²) < 4.78 is 5.09. The summed E-state index contributed by atoms with van der Waals surface area (Å²) >= 11 is 6.05. The second-order valence-corrected chi connectivity index (χ2v) is 5.68. The lowest BCUT2D eigenvalue weighted by Crippen LogP contribution is -2.38. The van der Waals surface area contributed by atoms with Crippen molar-refractivity contribution in [2.24, 2.45) is 11.7 Å². The largest absolute Gasteiger partial charge is 0.495 e.